The van der Waals surface area contributed by atoms with Gasteiger partial charge in [-0.05, 0) is 60.9 Å². The molecule has 3 N–H and O–H groups in total. The lowest BCUT2D eigenvalue weighted by atomic mass is 9.81. The van der Waals surface area contributed by atoms with Gasteiger partial charge in [0.2, 0.25) is 17.6 Å². The number of carbonyl (C=O) groups is 2. The van der Waals surface area contributed by atoms with E-state index in [-0.39, 0.29) is 24.3 Å². The fraction of sp³-hybridized carbons (Fsp3) is 0.476. The smallest absolute Gasteiger partial charge is 0.290 e. The third-order valence-corrected chi connectivity index (χ3v) is 7.03. The first-order chi connectivity index (χ1) is 14.9. The van der Waals surface area contributed by atoms with Crippen LogP contribution in [0.15, 0.2) is 33.7 Å². The summed E-state index contributed by atoms with van der Waals surface area (Å²) in [6.07, 6.45) is 5.05. The van der Waals surface area contributed by atoms with Crippen LogP contribution in [0.3, 0.4) is 0 Å². The molecule has 0 saturated heterocycles. The van der Waals surface area contributed by atoms with E-state index >= 15 is 0 Å². The van der Waals surface area contributed by atoms with Gasteiger partial charge in [0.1, 0.15) is 11.9 Å². The van der Waals surface area contributed by atoms with Crippen molar-refractivity contribution in [3.05, 3.63) is 35.8 Å². The third-order valence-electron chi connectivity index (χ3n) is 5.38. The molecule has 7 nitrogen and oxygen atoms in total. The summed E-state index contributed by atoms with van der Waals surface area (Å²) in [6.45, 7) is 0. The molecule has 1 atom stereocenters. The Morgan fingerprint density at radius 3 is 2.41 bits per heavy atom. The average Bonchev–Trinajstić information content (AvgIpc) is 3.12. The Balaban J connectivity index is 1.80. The van der Waals surface area contributed by atoms with Crippen molar-refractivity contribution >= 4 is 27.5 Å². The molecule has 176 valence electrons. The van der Waals surface area contributed by atoms with Gasteiger partial charge < -0.3 is 20.3 Å². The van der Waals surface area contributed by atoms with Gasteiger partial charge in [0, 0.05) is 23.4 Å². The van der Waals surface area contributed by atoms with Crippen LogP contribution in [-0.4, -0.2) is 52.8 Å². The number of aromatic hydroxyl groups is 1. The zero-order valence-electron chi connectivity index (χ0n) is 18.0. The average molecular weight is 474 g/mol. The molecule has 1 aliphatic carbocycles. The van der Waals surface area contributed by atoms with Gasteiger partial charge in [0.15, 0.2) is 0 Å². The molecule has 1 unspecified atom stereocenters. The van der Waals surface area contributed by atoms with Crippen LogP contribution in [0.5, 0.6) is 5.88 Å². The van der Waals surface area contributed by atoms with E-state index in [1.165, 1.54) is 6.07 Å². The first kappa shape index (κ1) is 24.0. The Morgan fingerprint density at radius 2 is 1.88 bits per heavy atom. The molecule has 1 aromatic heterocycles. The molecule has 1 aliphatic rings. The topological polar surface area (TPSA) is 104 Å². The highest BCUT2D eigenvalue weighted by atomic mass is 32.3. The number of benzene rings is 1. The molecule has 32 heavy (non-hydrogen) atoms. The van der Waals surface area contributed by atoms with Crippen LogP contribution in [0.1, 0.15) is 36.2 Å². The van der Waals surface area contributed by atoms with Gasteiger partial charge >= 0.3 is 0 Å². The molecule has 0 aliphatic heterocycles. The highest BCUT2D eigenvalue weighted by Gasteiger charge is 2.40. The van der Waals surface area contributed by atoms with Gasteiger partial charge in [-0.3, -0.25) is 9.59 Å². The lowest BCUT2D eigenvalue weighted by Gasteiger charge is -2.33. The summed E-state index contributed by atoms with van der Waals surface area (Å²) in [7, 11) is -1.32. The molecule has 0 spiro atoms. The van der Waals surface area contributed by atoms with Crippen molar-refractivity contribution in [2.45, 2.75) is 42.5 Å². The molecule has 1 fully saturated rings. The molecule has 11 heteroatoms. The van der Waals surface area contributed by atoms with E-state index in [0.717, 1.165) is 6.07 Å². The van der Waals surface area contributed by atoms with E-state index in [2.05, 4.69) is 15.8 Å². The number of aromatic nitrogens is 1. The lowest BCUT2D eigenvalue weighted by Crippen LogP contribution is -2.50. The van der Waals surface area contributed by atoms with Crippen molar-refractivity contribution in [2.75, 3.05) is 24.1 Å². The van der Waals surface area contributed by atoms with Gasteiger partial charge in [0.25, 0.3) is 11.8 Å². The zero-order valence-corrected chi connectivity index (χ0v) is 18.8. The number of alkyl halides is 2. The highest BCUT2D eigenvalue weighted by molar-refractivity contribution is 8.32. The maximum absolute atomic E-state index is 14.5. The van der Waals surface area contributed by atoms with Crippen molar-refractivity contribution in [1.29, 1.82) is 0 Å². The van der Waals surface area contributed by atoms with Crippen LogP contribution < -0.4 is 10.6 Å². The van der Waals surface area contributed by atoms with E-state index in [9.17, 15) is 27.9 Å². The van der Waals surface area contributed by atoms with Crippen molar-refractivity contribution in [3.63, 3.8) is 0 Å². The van der Waals surface area contributed by atoms with Crippen molar-refractivity contribution in [3.8, 4) is 5.88 Å². The number of hydrogen-bond donors (Lipinski definition) is 3. The fourth-order valence-electron chi connectivity index (χ4n) is 3.67. The van der Waals surface area contributed by atoms with Crippen LogP contribution in [0.4, 0.5) is 18.9 Å². The van der Waals surface area contributed by atoms with Gasteiger partial charge in [-0.25, -0.2) is 23.2 Å². The molecule has 1 aromatic carbocycles. The summed E-state index contributed by atoms with van der Waals surface area (Å²) >= 11 is 0. The normalized spacial score (nSPS) is 18.1. The number of nitrogens with one attached hydrogen (secondary N) is 2. The van der Waals surface area contributed by atoms with Crippen molar-refractivity contribution in [1.82, 2.24) is 10.5 Å². The first-order valence-corrected chi connectivity index (χ1v) is 12.8. The molecule has 1 heterocycles. The van der Waals surface area contributed by atoms with E-state index in [0.29, 0.717) is 4.90 Å². The number of rotatable bonds is 6. The summed E-state index contributed by atoms with van der Waals surface area (Å²) in [5.74, 6) is -6.15. The fourth-order valence-corrected chi connectivity index (χ4v) is 4.79. The van der Waals surface area contributed by atoms with Crippen molar-refractivity contribution in [2.24, 2.45) is 5.92 Å². The largest absolute Gasteiger partial charge is 0.491 e. The second-order valence-electron chi connectivity index (χ2n) is 8.67. The predicted molar refractivity (Wildman–Crippen MR) is 115 cm³/mol. The molecular weight excluding hydrogens is 447 g/mol. The molecule has 1 saturated carbocycles. The van der Waals surface area contributed by atoms with Crippen LogP contribution >= 0.6 is 10.0 Å². The number of hydrogen-bond acceptors (Lipinski definition) is 5. The number of halogens is 3. The summed E-state index contributed by atoms with van der Waals surface area (Å²) < 4.78 is 46.5. The predicted octanol–water partition coefficient (Wildman–Crippen LogP) is 4.13. The van der Waals surface area contributed by atoms with Crippen LogP contribution in [0.25, 0.3) is 0 Å². The minimum Gasteiger partial charge on any atom is -0.491 e. The quantitative estimate of drug-likeness (QED) is 0.585. The van der Waals surface area contributed by atoms with Crippen molar-refractivity contribution < 1.29 is 32.4 Å². The van der Waals surface area contributed by atoms with Crippen LogP contribution in [0, 0.1) is 11.7 Å². The first-order valence-electron chi connectivity index (χ1n) is 9.99. The van der Waals surface area contributed by atoms with Gasteiger partial charge in [-0.2, -0.15) is 0 Å². The standard InChI is InChI=1S/C21H26F3N3O4S/c1-32(2,3)16-5-4-13(10-14(16)22)25-20(30)18(12-6-8-21(23,24)9-7-12)26-19(29)15-11-17(28)27-31-15/h4-5,10-12,18H,6-9H2,1-3H3,(H,25,30)(H,26,29)(H,27,28). The second-order valence-corrected chi connectivity index (χ2v) is 12.8. The van der Waals surface area contributed by atoms with Crippen LogP contribution in [0.2, 0.25) is 0 Å². The maximum atomic E-state index is 14.5. The van der Waals surface area contributed by atoms with Gasteiger partial charge in [-0.1, -0.05) is 0 Å². The Morgan fingerprint density at radius 1 is 1.22 bits per heavy atom. The van der Waals surface area contributed by atoms with Gasteiger partial charge in [-0.15, -0.1) is 0 Å². The monoisotopic (exact) mass is 473 g/mol. The molecular formula is C21H26F3N3O4S. The minimum atomic E-state index is -2.81. The van der Waals surface area contributed by atoms with Crippen LogP contribution in [-0.2, 0) is 4.79 Å². The summed E-state index contributed by atoms with van der Waals surface area (Å²) in [4.78, 5) is 26.0. The number of nitrogens with zero attached hydrogens (tertiary/aromatic N) is 1. The Labute approximate surface area is 185 Å². The molecule has 2 amide bonds. The maximum Gasteiger partial charge on any atom is 0.290 e. The minimum absolute atomic E-state index is 0.0215. The molecule has 0 bridgehead atoms. The van der Waals surface area contributed by atoms with E-state index in [4.69, 9.17) is 4.52 Å². The van der Waals surface area contributed by atoms with E-state index < -0.39 is 64.3 Å². The number of anilines is 1. The molecule has 0 radical (unpaired) electrons. The lowest BCUT2D eigenvalue weighted by molar-refractivity contribution is -0.121. The van der Waals surface area contributed by atoms with Gasteiger partial charge in [0.05, 0.1) is 6.07 Å². The molecule has 3 rings (SSSR count). The summed E-state index contributed by atoms with van der Waals surface area (Å²) in [6, 6.07) is 4.18. The molecule has 2 aromatic rings. The van der Waals surface area contributed by atoms with E-state index in [1.54, 1.807) is 12.1 Å². The Kier molecular flexibility index (Phi) is 6.77. The zero-order chi connectivity index (χ0) is 23.7. The Hall–Kier alpha value is -2.69. The van der Waals surface area contributed by atoms with E-state index in [1.807, 2.05) is 18.8 Å². The second kappa shape index (κ2) is 9.05. The summed E-state index contributed by atoms with van der Waals surface area (Å²) in [5, 5.41) is 17.5. The Bertz CT molecular complexity index is 996. The SMILES string of the molecule is CS(C)(C)c1ccc(NC(=O)C(NC(=O)c2cc(O)no2)C2CCC(F)(F)CC2)cc1F. The summed E-state index contributed by atoms with van der Waals surface area (Å²) in [5.41, 5.74) is 0.192. The number of carbonyl (C=O) groups excluding carboxylic acids is 2. The third kappa shape index (κ3) is 5.76. The number of amides is 2. The highest BCUT2D eigenvalue weighted by Crippen LogP contribution is 2.47.